The molecule has 0 amide bonds. The second kappa shape index (κ2) is 7.48. The van der Waals surface area contributed by atoms with Crippen LogP contribution in [0.25, 0.3) is 0 Å². The lowest BCUT2D eigenvalue weighted by atomic mass is 10.1. The first kappa shape index (κ1) is 14.3. The summed E-state index contributed by atoms with van der Waals surface area (Å²) in [5.74, 6) is 0. The number of ether oxygens (including phenoxy) is 3. The fourth-order valence-corrected chi connectivity index (χ4v) is 2.31. The average Bonchev–Trinajstić information content (AvgIpc) is 2.48. The molecule has 1 heterocycles. The number of nitrogens with zero attached hydrogens (tertiary/aromatic N) is 1. The van der Waals surface area contributed by atoms with Crippen LogP contribution in [0.15, 0.2) is 24.3 Å². The fourth-order valence-electron chi connectivity index (χ4n) is 2.31. The van der Waals surface area contributed by atoms with E-state index in [1.54, 1.807) is 0 Å². The molecule has 19 heavy (non-hydrogen) atoms. The van der Waals surface area contributed by atoms with Crippen molar-refractivity contribution < 1.29 is 14.2 Å². The molecule has 106 valence electrons. The van der Waals surface area contributed by atoms with E-state index >= 15 is 0 Å². The summed E-state index contributed by atoms with van der Waals surface area (Å²) >= 11 is 0. The summed E-state index contributed by atoms with van der Waals surface area (Å²) in [4.78, 5) is 2.34. The maximum atomic E-state index is 5.72. The fraction of sp³-hybridized carbons (Fsp3) is 0.600. The van der Waals surface area contributed by atoms with Gasteiger partial charge in [-0.15, -0.1) is 0 Å². The zero-order chi connectivity index (χ0) is 13.5. The van der Waals surface area contributed by atoms with Crippen LogP contribution in [0.3, 0.4) is 0 Å². The normalized spacial score (nSPS) is 16.1. The quantitative estimate of drug-likeness (QED) is 0.740. The highest BCUT2D eigenvalue weighted by Gasteiger charge is 2.20. The highest BCUT2D eigenvalue weighted by Crippen LogP contribution is 2.30. The molecule has 4 nitrogen and oxygen atoms in total. The third-order valence-corrected chi connectivity index (χ3v) is 3.18. The standard InChI is InChI=1S/C15H23NO3/c1-3-18-15(19-4-2)13-7-5-6-8-14(13)16-9-11-17-12-10-16/h5-8,15H,3-4,9-12H2,1-2H3. The van der Waals surface area contributed by atoms with E-state index in [4.69, 9.17) is 14.2 Å². The van der Waals surface area contributed by atoms with Crippen LogP contribution in [0.2, 0.25) is 0 Å². The Morgan fingerprint density at radius 2 is 1.74 bits per heavy atom. The van der Waals surface area contributed by atoms with Gasteiger partial charge in [0.1, 0.15) is 0 Å². The maximum absolute atomic E-state index is 5.72. The number of benzene rings is 1. The van der Waals surface area contributed by atoms with Crippen molar-refractivity contribution in [3.8, 4) is 0 Å². The molecule has 1 aliphatic heterocycles. The SMILES string of the molecule is CCOC(OCC)c1ccccc1N1CCOCC1. The second-order valence-electron chi connectivity index (χ2n) is 4.40. The van der Waals surface area contributed by atoms with E-state index < -0.39 is 0 Å². The minimum atomic E-state index is -0.283. The Morgan fingerprint density at radius 1 is 1.11 bits per heavy atom. The van der Waals surface area contributed by atoms with Crippen LogP contribution in [0.1, 0.15) is 25.7 Å². The van der Waals surface area contributed by atoms with Crippen molar-refractivity contribution in [1.29, 1.82) is 0 Å². The summed E-state index contributed by atoms with van der Waals surface area (Å²) in [6, 6.07) is 8.31. The van der Waals surface area contributed by atoms with Crippen molar-refractivity contribution in [2.75, 3.05) is 44.4 Å². The largest absolute Gasteiger partial charge is 0.378 e. The van der Waals surface area contributed by atoms with E-state index in [0.29, 0.717) is 13.2 Å². The van der Waals surface area contributed by atoms with E-state index in [9.17, 15) is 0 Å². The predicted octanol–water partition coefficient (Wildman–Crippen LogP) is 2.59. The molecule has 2 rings (SSSR count). The van der Waals surface area contributed by atoms with Crippen molar-refractivity contribution in [1.82, 2.24) is 0 Å². The number of anilines is 1. The van der Waals surface area contributed by atoms with Gasteiger partial charge in [-0.3, -0.25) is 0 Å². The number of morpholine rings is 1. The van der Waals surface area contributed by atoms with E-state index in [-0.39, 0.29) is 6.29 Å². The summed E-state index contributed by atoms with van der Waals surface area (Å²) in [6.45, 7) is 8.66. The van der Waals surface area contributed by atoms with E-state index in [0.717, 1.165) is 31.9 Å². The molecule has 0 N–H and O–H groups in total. The van der Waals surface area contributed by atoms with Gasteiger partial charge in [0.15, 0.2) is 6.29 Å². The molecule has 0 atom stereocenters. The maximum Gasteiger partial charge on any atom is 0.185 e. The zero-order valence-corrected chi connectivity index (χ0v) is 11.8. The van der Waals surface area contributed by atoms with Gasteiger partial charge in [0, 0.05) is 37.6 Å². The molecule has 1 aromatic carbocycles. The summed E-state index contributed by atoms with van der Waals surface area (Å²) in [6.07, 6.45) is -0.283. The lowest BCUT2D eigenvalue weighted by Gasteiger charge is -2.32. The number of para-hydroxylation sites is 1. The second-order valence-corrected chi connectivity index (χ2v) is 4.40. The Labute approximate surface area is 115 Å². The molecule has 0 saturated carbocycles. The molecule has 1 fully saturated rings. The molecular formula is C15H23NO3. The van der Waals surface area contributed by atoms with Gasteiger partial charge in [-0.05, 0) is 19.9 Å². The summed E-state index contributed by atoms with van der Waals surface area (Å²) in [7, 11) is 0. The van der Waals surface area contributed by atoms with Gasteiger partial charge in [0.05, 0.1) is 13.2 Å². The Bertz CT molecular complexity index is 371. The van der Waals surface area contributed by atoms with Crippen LogP contribution in [-0.4, -0.2) is 39.5 Å². The van der Waals surface area contributed by atoms with Crippen molar-refractivity contribution in [2.24, 2.45) is 0 Å². The summed E-state index contributed by atoms with van der Waals surface area (Å²) in [5.41, 5.74) is 2.30. The van der Waals surface area contributed by atoms with Crippen molar-refractivity contribution in [3.05, 3.63) is 29.8 Å². The van der Waals surface area contributed by atoms with Gasteiger partial charge < -0.3 is 19.1 Å². The minimum absolute atomic E-state index is 0.283. The summed E-state index contributed by atoms with van der Waals surface area (Å²) < 4.78 is 16.9. The number of hydrogen-bond donors (Lipinski definition) is 0. The molecule has 0 spiro atoms. The van der Waals surface area contributed by atoms with Gasteiger partial charge in [0.25, 0.3) is 0 Å². The molecule has 0 aromatic heterocycles. The van der Waals surface area contributed by atoms with Crippen LogP contribution < -0.4 is 4.90 Å². The molecule has 1 aliphatic rings. The lowest BCUT2D eigenvalue weighted by molar-refractivity contribution is -0.140. The van der Waals surface area contributed by atoms with E-state index in [1.165, 1.54) is 5.69 Å². The van der Waals surface area contributed by atoms with E-state index in [2.05, 4.69) is 23.1 Å². The van der Waals surface area contributed by atoms with Crippen LogP contribution in [0, 0.1) is 0 Å². The van der Waals surface area contributed by atoms with Crippen LogP contribution >= 0.6 is 0 Å². The Balaban J connectivity index is 2.22. The first-order valence-corrected chi connectivity index (χ1v) is 7.01. The Morgan fingerprint density at radius 3 is 2.37 bits per heavy atom. The van der Waals surface area contributed by atoms with E-state index in [1.807, 2.05) is 19.9 Å². The minimum Gasteiger partial charge on any atom is -0.378 e. The summed E-state index contributed by atoms with van der Waals surface area (Å²) in [5, 5.41) is 0. The predicted molar refractivity (Wildman–Crippen MR) is 75.5 cm³/mol. The molecule has 0 bridgehead atoms. The molecule has 0 unspecified atom stereocenters. The van der Waals surface area contributed by atoms with Crippen LogP contribution in [0.4, 0.5) is 5.69 Å². The zero-order valence-electron chi connectivity index (χ0n) is 11.8. The molecule has 1 saturated heterocycles. The highest BCUT2D eigenvalue weighted by molar-refractivity contribution is 5.54. The van der Waals surface area contributed by atoms with Gasteiger partial charge in [-0.2, -0.15) is 0 Å². The third kappa shape index (κ3) is 3.69. The first-order valence-electron chi connectivity index (χ1n) is 7.01. The molecule has 0 aliphatic carbocycles. The Kier molecular flexibility index (Phi) is 5.63. The lowest BCUT2D eigenvalue weighted by Crippen LogP contribution is -2.37. The van der Waals surface area contributed by atoms with Crippen molar-refractivity contribution in [3.63, 3.8) is 0 Å². The molecule has 0 radical (unpaired) electrons. The van der Waals surface area contributed by atoms with Crippen molar-refractivity contribution in [2.45, 2.75) is 20.1 Å². The molecule has 1 aromatic rings. The van der Waals surface area contributed by atoms with Crippen molar-refractivity contribution >= 4 is 5.69 Å². The third-order valence-electron chi connectivity index (χ3n) is 3.18. The monoisotopic (exact) mass is 265 g/mol. The van der Waals surface area contributed by atoms with Gasteiger partial charge >= 0.3 is 0 Å². The number of hydrogen-bond acceptors (Lipinski definition) is 4. The van der Waals surface area contributed by atoms with Gasteiger partial charge in [-0.1, -0.05) is 18.2 Å². The van der Waals surface area contributed by atoms with Crippen LogP contribution in [0.5, 0.6) is 0 Å². The first-order chi connectivity index (χ1) is 9.36. The topological polar surface area (TPSA) is 30.9 Å². The highest BCUT2D eigenvalue weighted by atomic mass is 16.7. The smallest absolute Gasteiger partial charge is 0.185 e. The van der Waals surface area contributed by atoms with Crippen LogP contribution in [-0.2, 0) is 14.2 Å². The average molecular weight is 265 g/mol. The van der Waals surface area contributed by atoms with Gasteiger partial charge in [0.2, 0.25) is 0 Å². The number of rotatable bonds is 6. The molecule has 4 heteroatoms. The molecular weight excluding hydrogens is 242 g/mol. The Hall–Kier alpha value is -1.10. The van der Waals surface area contributed by atoms with Gasteiger partial charge in [-0.25, -0.2) is 0 Å².